The SMILES string of the molecule is Cc1nc(COc2ccc(Cl)cc2)sc1C(=O)N1CCNC[C@@H]1C. The number of carbonyl (C=O) groups is 1. The number of carbonyl (C=O) groups excluding carboxylic acids is 1. The van der Waals surface area contributed by atoms with Crippen LogP contribution in [0.3, 0.4) is 0 Å². The van der Waals surface area contributed by atoms with Gasteiger partial charge in [-0.1, -0.05) is 11.6 Å². The molecule has 128 valence electrons. The van der Waals surface area contributed by atoms with Crippen molar-refractivity contribution in [1.29, 1.82) is 0 Å². The van der Waals surface area contributed by atoms with Gasteiger partial charge in [0.15, 0.2) is 0 Å². The molecule has 0 bridgehead atoms. The van der Waals surface area contributed by atoms with Crippen molar-refractivity contribution in [3.63, 3.8) is 0 Å². The fourth-order valence-corrected chi connectivity index (χ4v) is 3.72. The van der Waals surface area contributed by atoms with Crippen molar-refractivity contribution in [2.45, 2.75) is 26.5 Å². The molecule has 1 amide bonds. The minimum absolute atomic E-state index is 0.0664. The normalized spacial score (nSPS) is 17.8. The highest BCUT2D eigenvalue weighted by Gasteiger charge is 2.27. The number of nitrogens with one attached hydrogen (secondary N) is 1. The number of rotatable bonds is 4. The molecule has 2 heterocycles. The van der Waals surface area contributed by atoms with E-state index in [-0.39, 0.29) is 11.9 Å². The van der Waals surface area contributed by atoms with Crippen molar-refractivity contribution in [3.05, 3.63) is 44.9 Å². The van der Waals surface area contributed by atoms with Gasteiger partial charge in [0.25, 0.3) is 5.91 Å². The molecule has 3 rings (SSSR count). The number of benzene rings is 1. The van der Waals surface area contributed by atoms with E-state index < -0.39 is 0 Å². The summed E-state index contributed by atoms with van der Waals surface area (Å²) in [4.78, 5) is 19.9. The molecule has 7 heteroatoms. The third kappa shape index (κ3) is 3.88. The molecule has 1 aromatic carbocycles. The second kappa shape index (κ2) is 7.51. The fraction of sp³-hybridized carbons (Fsp3) is 0.412. The highest BCUT2D eigenvalue weighted by Crippen LogP contribution is 2.23. The third-order valence-corrected chi connectivity index (χ3v) is 5.34. The van der Waals surface area contributed by atoms with Crippen LogP contribution in [0.25, 0.3) is 0 Å². The van der Waals surface area contributed by atoms with Crippen LogP contribution in [0, 0.1) is 6.92 Å². The Hall–Kier alpha value is -1.63. The molecule has 0 unspecified atom stereocenters. The predicted molar refractivity (Wildman–Crippen MR) is 96.0 cm³/mol. The van der Waals surface area contributed by atoms with E-state index in [4.69, 9.17) is 16.3 Å². The van der Waals surface area contributed by atoms with E-state index >= 15 is 0 Å². The molecule has 1 atom stereocenters. The summed E-state index contributed by atoms with van der Waals surface area (Å²) in [6.07, 6.45) is 0. The van der Waals surface area contributed by atoms with Crippen LogP contribution in [-0.2, 0) is 6.61 Å². The van der Waals surface area contributed by atoms with E-state index in [2.05, 4.69) is 17.2 Å². The Balaban J connectivity index is 1.68. The first-order valence-corrected chi connectivity index (χ1v) is 9.10. The van der Waals surface area contributed by atoms with Crippen molar-refractivity contribution in [2.75, 3.05) is 19.6 Å². The van der Waals surface area contributed by atoms with Gasteiger partial charge in [0.05, 0.1) is 5.69 Å². The summed E-state index contributed by atoms with van der Waals surface area (Å²) in [6, 6.07) is 7.39. The molecular weight excluding hydrogens is 346 g/mol. The van der Waals surface area contributed by atoms with E-state index in [1.54, 1.807) is 12.1 Å². The molecule has 0 spiro atoms. The van der Waals surface area contributed by atoms with Gasteiger partial charge in [-0.3, -0.25) is 4.79 Å². The first-order valence-electron chi connectivity index (χ1n) is 7.91. The van der Waals surface area contributed by atoms with Gasteiger partial charge in [-0.05, 0) is 38.1 Å². The van der Waals surface area contributed by atoms with Crippen molar-refractivity contribution < 1.29 is 9.53 Å². The topological polar surface area (TPSA) is 54.5 Å². The van der Waals surface area contributed by atoms with Crippen LogP contribution in [0.5, 0.6) is 5.75 Å². The number of piperazine rings is 1. The number of halogens is 1. The zero-order valence-electron chi connectivity index (χ0n) is 13.7. The molecule has 1 aliphatic rings. The summed E-state index contributed by atoms with van der Waals surface area (Å²) in [7, 11) is 0. The summed E-state index contributed by atoms with van der Waals surface area (Å²) < 4.78 is 5.72. The first kappa shape index (κ1) is 17.2. The standard InChI is InChI=1S/C17H20ClN3O2S/c1-11-9-19-7-8-21(11)17(22)16-12(2)20-15(24-16)10-23-14-5-3-13(18)4-6-14/h3-6,11,19H,7-10H2,1-2H3/t11-/m0/s1. The lowest BCUT2D eigenvalue weighted by Crippen LogP contribution is -2.52. The summed E-state index contributed by atoms with van der Waals surface area (Å²) in [6.45, 7) is 6.68. The Labute approximate surface area is 150 Å². The van der Waals surface area contributed by atoms with E-state index in [9.17, 15) is 4.79 Å². The lowest BCUT2D eigenvalue weighted by molar-refractivity contribution is 0.0660. The average Bonchev–Trinajstić information content (AvgIpc) is 2.95. The van der Waals surface area contributed by atoms with Crippen molar-refractivity contribution in [1.82, 2.24) is 15.2 Å². The monoisotopic (exact) mass is 365 g/mol. The van der Waals surface area contributed by atoms with Gasteiger partial charge in [0.2, 0.25) is 0 Å². The van der Waals surface area contributed by atoms with Crippen LogP contribution in [0.4, 0.5) is 0 Å². The third-order valence-electron chi connectivity index (χ3n) is 3.97. The van der Waals surface area contributed by atoms with E-state index in [1.807, 2.05) is 24.0 Å². The summed E-state index contributed by atoms with van der Waals surface area (Å²) in [5.74, 6) is 0.799. The Morgan fingerprint density at radius 1 is 1.46 bits per heavy atom. The molecule has 5 nitrogen and oxygen atoms in total. The Bertz CT molecular complexity index is 717. The second-order valence-electron chi connectivity index (χ2n) is 5.82. The Morgan fingerprint density at radius 3 is 2.92 bits per heavy atom. The molecule has 1 fully saturated rings. The van der Waals surface area contributed by atoms with E-state index in [0.29, 0.717) is 16.5 Å². The lowest BCUT2D eigenvalue weighted by atomic mass is 10.2. The largest absolute Gasteiger partial charge is 0.486 e. The predicted octanol–water partition coefficient (Wildman–Crippen LogP) is 3.12. The van der Waals surface area contributed by atoms with Gasteiger partial charge in [-0.25, -0.2) is 4.98 Å². The molecule has 1 N–H and O–H groups in total. The molecule has 1 aliphatic heterocycles. The summed E-state index contributed by atoms with van der Waals surface area (Å²) in [5, 5.41) is 4.77. The Kier molecular flexibility index (Phi) is 5.38. The average molecular weight is 366 g/mol. The van der Waals surface area contributed by atoms with Gasteiger partial charge in [-0.2, -0.15) is 0 Å². The number of ether oxygens (including phenoxy) is 1. The van der Waals surface area contributed by atoms with Gasteiger partial charge in [0, 0.05) is 30.7 Å². The van der Waals surface area contributed by atoms with Gasteiger partial charge in [0.1, 0.15) is 22.2 Å². The van der Waals surface area contributed by atoms with Crippen LogP contribution in [0.1, 0.15) is 27.3 Å². The minimum atomic E-state index is 0.0664. The van der Waals surface area contributed by atoms with Crippen LogP contribution in [0.2, 0.25) is 5.02 Å². The van der Waals surface area contributed by atoms with Crippen molar-refractivity contribution >= 4 is 28.8 Å². The first-order chi connectivity index (χ1) is 11.5. The van der Waals surface area contributed by atoms with Crippen molar-refractivity contribution in [3.8, 4) is 5.75 Å². The van der Waals surface area contributed by atoms with Gasteiger partial charge < -0.3 is 15.0 Å². The molecule has 0 aliphatic carbocycles. The van der Waals surface area contributed by atoms with Gasteiger partial charge >= 0.3 is 0 Å². The maximum Gasteiger partial charge on any atom is 0.266 e. The molecule has 0 saturated carbocycles. The number of aromatic nitrogens is 1. The van der Waals surface area contributed by atoms with Crippen LogP contribution < -0.4 is 10.1 Å². The van der Waals surface area contributed by atoms with E-state index in [1.165, 1.54) is 11.3 Å². The number of amides is 1. The molecule has 1 aromatic heterocycles. The zero-order chi connectivity index (χ0) is 17.1. The maximum atomic E-state index is 12.8. The smallest absolute Gasteiger partial charge is 0.266 e. The zero-order valence-corrected chi connectivity index (χ0v) is 15.3. The lowest BCUT2D eigenvalue weighted by Gasteiger charge is -2.33. The second-order valence-corrected chi connectivity index (χ2v) is 7.34. The summed E-state index contributed by atoms with van der Waals surface area (Å²) >= 11 is 7.27. The molecular formula is C17H20ClN3O2S. The Morgan fingerprint density at radius 2 is 2.21 bits per heavy atom. The van der Waals surface area contributed by atoms with E-state index in [0.717, 1.165) is 36.1 Å². The number of nitrogens with zero attached hydrogens (tertiary/aromatic N) is 2. The number of hydrogen-bond acceptors (Lipinski definition) is 5. The summed E-state index contributed by atoms with van der Waals surface area (Å²) in [5.41, 5.74) is 0.769. The number of hydrogen-bond donors (Lipinski definition) is 1. The van der Waals surface area contributed by atoms with Crippen molar-refractivity contribution in [2.24, 2.45) is 0 Å². The minimum Gasteiger partial charge on any atom is -0.486 e. The van der Waals surface area contributed by atoms with Gasteiger partial charge in [-0.15, -0.1) is 11.3 Å². The molecule has 0 radical (unpaired) electrons. The number of aryl methyl sites for hydroxylation is 1. The highest BCUT2D eigenvalue weighted by atomic mass is 35.5. The fourth-order valence-electron chi connectivity index (χ4n) is 2.66. The van der Waals surface area contributed by atoms with Crippen LogP contribution in [0.15, 0.2) is 24.3 Å². The number of thiazole rings is 1. The van der Waals surface area contributed by atoms with Crippen LogP contribution in [-0.4, -0.2) is 41.5 Å². The molecule has 2 aromatic rings. The quantitative estimate of drug-likeness (QED) is 0.904. The molecule has 24 heavy (non-hydrogen) atoms. The molecule has 1 saturated heterocycles. The van der Waals surface area contributed by atoms with Crippen LogP contribution >= 0.6 is 22.9 Å². The maximum absolute atomic E-state index is 12.8. The highest BCUT2D eigenvalue weighted by molar-refractivity contribution is 7.13.